The van der Waals surface area contributed by atoms with Gasteiger partial charge in [-0.25, -0.2) is 0 Å². The molecule has 3 N–H and O–H groups in total. The standard InChI is InChI=1S/C15H29NO2/c1-5-11(6-2)16-13-8-10-7-12(14(10,3)4)15(13,18)9-17/h10-13,16-18H,5-9H2,1-4H3/t10-,12-,13+,15-/m1/s1. The predicted molar refractivity (Wildman–Crippen MR) is 73.3 cm³/mol. The Kier molecular flexibility index (Phi) is 3.79. The third-order valence-corrected chi connectivity index (χ3v) is 5.87. The number of fused-ring (bicyclic) bond motifs is 2. The van der Waals surface area contributed by atoms with E-state index in [1.165, 1.54) is 0 Å². The molecular formula is C15H29NO2. The minimum atomic E-state index is -0.930. The topological polar surface area (TPSA) is 52.5 Å². The lowest BCUT2D eigenvalue weighted by Gasteiger charge is -2.66. The van der Waals surface area contributed by atoms with E-state index in [0.29, 0.717) is 12.0 Å². The Hall–Kier alpha value is -0.120. The average Bonchev–Trinajstić information content (AvgIpc) is 2.36. The van der Waals surface area contributed by atoms with E-state index in [0.717, 1.165) is 25.7 Å². The summed E-state index contributed by atoms with van der Waals surface area (Å²) in [5.74, 6) is 0.932. The van der Waals surface area contributed by atoms with Crippen molar-refractivity contribution in [2.45, 2.75) is 71.1 Å². The molecule has 0 amide bonds. The molecule has 0 aromatic carbocycles. The van der Waals surface area contributed by atoms with Crippen LogP contribution in [0.3, 0.4) is 0 Å². The largest absolute Gasteiger partial charge is 0.393 e. The zero-order valence-corrected chi connectivity index (χ0v) is 12.2. The lowest BCUT2D eigenvalue weighted by Crippen LogP contribution is -2.72. The van der Waals surface area contributed by atoms with Crippen LogP contribution in [0.1, 0.15) is 53.4 Å². The van der Waals surface area contributed by atoms with Crippen molar-refractivity contribution < 1.29 is 10.2 Å². The molecule has 3 rings (SSSR count). The van der Waals surface area contributed by atoms with E-state index in [2.05, 4.69) is 33.0 Å². The van der Waals surface area contributed by atoms with Crippen LogP contribution in [0.5, 0.6) is 0 Å². The minimum Gasteiger partial charge on any atom is -0.393 e. The van der Waals surface area contributed by atoms with Gasteiger partial charge in [-0.2, -0.15) is 0 Å². The predicted octanol–water partition coefficient (Wildman–Crippen LogP) is 1.92. The van der Waals surface area contributed by atoms with Crippen molar-refractivity contribution in [2.24, 2.45) is 17.3 Å². The molecule has 4 atom stereocenters. The molecule has 0 aliphatic heterocycles. The molecule has 0 spiro atoms. The van der Waals surface area contributed by atoms with Crippen LogP contribution in [-0.2, 0) is 0 Å². The first kappa shape index (κ1) is 14.3. The zero-order chi connectivity index (χ0) is 13.6. The van der Waals surface area contributed by atoms with E-state index in [1.807, 2.05) is 0 Å². The van der Waals surface area contributed by atoms with Gasteiger partial charge in [0, 0.05) is 12.1 Å². The summed E-state index contributed by atoms with van der Waals surface area (Å²) in [7, 11) is 0. The number of nitrogens with one attached hydrogen (secondary N) is 1. The maximum atomic E-state index is 10.9. The molecule has 106 valence electrons. The summed E-state index contributed by atoms with van der Waals surface area (Å²) in [5, 5.41) is 24.2. The van der Waals surface area contributed by atoms with Gasteiger partial charge in [0.05, 0.1) is 6.61 Å². The van der Waals surface area contributed by atoms with Crippen LogP contribution >= 0.6 is 0 Å². The second-order valence-electron chi connectivity index (χ2n) is 6.92. The quantitative estimate of drug-likeness (QED) is 0.703. The molecule has 2 bridgehead atoms. The van der Waals surface area contributed by atoms with Gasteiger partial charge in [-0.05, 0) is 42.9 Å². The molecule has 0 radical (unpaired) electrons. The Bertz CT molecular complexity index is 299. The molecule has 3 heteroatoms. The fourth-order valence-electron chi connectivity index (χ4n) is 4.24. The van der Waals surface area contributed by atoms with E-state index in [4.69, 9.17) is 0 Å². The molecule has 0 aromatic heterocycles. The molecule has 3 aliphatic rings. The SMILES string of the molecule is CCC(CC)N[C@H]1C[C@H]2C[C@H](C2(C)C)[C@]1(O)CO. The third kappa shape index (κ3) is 1.91. The third-order valence-electron chi connectivity index (χ3n) is 5.87. The normalized spacial score (nSPS) is 41.8. The molecule has 3 nitrogen and oxygen atoms in total. The molecule has 0 saturated heterocycles. The van der Waals surface area contributed by atoms with Crippen LogP contribution in [0.2, 0.25) is 0 Å². The van der Waals surface area contributed by atoms with Gasteiger partial charge < -0.3 is 15.5 Å². The number of hydrogen-bond acceptors (Lipinski definition) is 3. The molecule has 18 heavy (non-hydrogen) atoms. The second-order valence-corrected chi connectivity index (χ2v) is 6.92. The summed E-state index contributed by atoms with van der Waals surface area (Å²) in [5.41, 5.74) is -0.746. The molecule has 0 heterocycles. The van der Waals surface area contributed by atoms with Crippen LogP contribution in [0.25, 0.3) is 0 Å². The Morgan fingerprint density at radius 1 is 1.22 bits per heavy atom. The van der Waals surface area contributed by atoms with Crippen LogP contribution in [0, 0.1) is 17.3 Å². The van der Waals surface area contributed by atoms with E-state index >= 15 is 0 Å². The summed E-state index contributed by atoms with van der Waals surface area (Å²) in [6.45, 7) is 8.70. The summed E-state index contributed by atoms with van der Waals surface area (Å²) in [6, 6.07) is 0.512. The number of aliphatic hydroxyl groups excluding tert-OH is 1. The van der Waals surface area contributed by atoms with Crippen LogP contribution in [0.4, 0.5) is 0 Å². The highest BCUT2D eigenvalue weighted by Gasteiger charge is 2.64. The maximum Gasteiger partial charge on any atom is 0.106 e. The van der Waals surface area contributed by atoms with Crippen molar-refractivity contribution in [3.8, 4) is 0 Å². The summed E-state index contributed by atoms with van der Waals surface area (Å²) < 4.78 is 0. The van der Waals surface area contributed by atoms with Crippen molar-refractivity contribution in [1.29, 1.82) is 0 Å². The monoisotopic (exact) mass is 255 g/mol. The van der Waals surface area contributed by atoms with E-state index in [1.54, 1.807) is 0 Å². The average molecular weight is 255 g/mol. The van der Waals surface area contributed by atoms with Gasteiger partial charge in [0.2, 0.25) is 0 Å². The lowest BCUT2D eigenvalue weighted by molar-refractivity contribution is -0.232. The highest BCUT2D eigenvalue weighted by molar-refractivity contribution is 5.16. The summed E-state index contributed by atoms with van der Waals surface area (Å²) in [6.07, 6.45) is 4.22. The van der Waals surface area contributed by atoms with Crippen LogP contribution < -0.4 is 5.32 Å². The zero-order valence-electron chi connectivity index (χ0n) is 12.2. The second kappa shape index (κ2) is 4.77. The van der Waals surface area contributed by atoms with Gasteiger partial charge in [0.25, 0.3) is 0 Å². The lowest BCUT2D eigenvalue weighted by atomic mass is 9.43. The molecular weight excluding hydrogens is 226 g/mol. The summed E-state index contributed by atoms with van der Waals surface area (Å²) in [4.78, 5) is 0. The minimum absolute atomic E-state index is 0.0594. The Balaban J connectivity index is 2.13. The fraction of sp³-hybridized carbons (Fsp3) is 1.00. The van der Waals surface area contributed by atoms with Gasteiger partial charge in [0.1, 0.15) is 5.60 Å². The Morgan fingerprint density at radius 3 is 2.28 bits per heavy atom. The van der Waals surface area contributed by atoms with Gasteiger partial charge in [-0.15, -0.1) is 0 Å². The highest BCUT2D eigenvalue weighted by Crippen LogP contribution is 2.62. The number of hydrogen-bond donors (Lipinski definition) is 3. The van der Waals surface area contributed by atoms with Crippen molar-refractivity contribution in [3.05, 3.63) is 0 Å². The first-order valence-corrected chi connectivity index (χ1v) is 7.49. The first-order valence-electron chi connectivity index (χ1n) is 7.49. The van der Waals surface area contributed by atoms with Crippen molar-refractivity contribution in [3.63, 3.8) is 0 Å². The van der Waals surface area contributed by atoms with E-state index in [9.17, 15) is 10.2 Å². The summed E-state index contributed by atoms with van der Waals surface area (Å²) >= 11 is 0. The molecule has 3 saturated carbocycles. The van der Waals surface area contributed by atoms with E-state index < -0.39 is 5.60 Å². The molecule has 3 fully saturated rings. The molecule has 0 unspecified atom stereocenters. The number of rotatable bonds is 5. The Morgan fingerprint density at radius 2 is 1.83 bits per heavy atom. The van der Waals surface area contributed by atoms with Gasteiger partial charge in [-0.3, -0.25) is 0 Å². The van der Waals surface area contributed by atoms with Gasteiger partial charge in [0.15, 0.2) is 0 Å². The van der Waals surface area contributed by atoms with Crippen molar-refractivity contribution in [2.75, 3.05) is 6.61 Å². The molecule has 0 aromatic rings. The van der Waals surface area contributed by atoms with Crippen LogP contribution in [-0.4, -0.2) is 34.5 Å². The number of aliphatic hydroxyl groups is 2. The highest BCUT2D eigenvalue weighted by atomic mass is 16.3. The maximum absolute atomic E-state index is 10.9. The smallest absolute Gasteiger partial charge is 0.106 e. The van der Waals surface area contributed by atoms with E-state index in [-0.39, 0.29) is 24.0 Å². The fourth-order valence-corrected chi connectivity index (χ4v) is 4.24. The molecule has 3 aliphatic carbocycles. The van der Waals surface area contributed by atoms with Crippen molar-refractivity contribution >= 4 is 0 Å². The first-order chi connectivity index (χ1) is 8.40. The van der Waals surface area contributed by atoms with Crippen molar-refractivity contribution in [1.82, 2.24) is 5.32 Å². The Labute approximate surface area is 111 Å². The van der Waals surface area contributed by atoms with Gasteiger partial charge in [-0.1, -0.05) is 27.7 Å². The van der Waals surface area contributed by atoms with Gasteiger partial charge >= 0.3 is 0 Å². The van der Waals surface area contributed by atoms with Crippen LogP contribution in [0.15, 0.2) is 0 Å².